The van der Waals surface area contributed by atoms with Crippen LogP contribution in [-0.4, -0.2) is 9.97 Å². The first kappa shape index (κ1) is 27.5. The molecule has 3 aromatic rings. The second kappa shape index (κ2) is 15.3. The van der Waals surface area contributed by atoms with E-state index in [9.17, 15) is 0 Å². The van der Waals surface area contributed by atoms with Gasteiger partial charge in [0.15, 0.2) is 0 Å². The average Bonchev–Trinajstić information content (AvgIpc) is 3.77. The van der Waals surface area contributed by atoms with Crippen molar-refractivity contribution in [3.8, 4) is 0 Å². The Bertz CT molecular complexity index is 1100. The number of hydrazine groups is 1. The van der Waals surface area contributed by atoms with E-state index < -0.39 is 0 Å². The van der Waals surface area contributed by atoms with Crippen molar-refractivity contribution in [2.45, 2.75) is 52.9 Å². The van der Waals surface area contributed by atoms with E-state index >= 15 is 0 Å². The smallest absolute Gasteiger partial charge is 0.140 e. The summed E-state index contributed by atoms with van der Waals surface area (Å²) in [7, 11) is 0. The molecule has 1 saturated carbocycles. The van der Waals surface area contributed by atoms with Gasteiger partial charge in [-0.05, 0) is 61.4 Å². The van der Waals surface area contributed by atoms with Gasteiger partial charge in [0.05, 0.1) is 11.9 Å². The first-order valence-corrected chi connectivity index (χ1v) is 12.3. The van der Waals surface area contributed by atoms with E-state index in [1.54, 1.807) is 18.6 Å². The second-order valence-corrected chi connectivity index (χ2v) is 7.97. The van der Waals surface area contributed by atoms with E-state index in [1.807, 2.05) is 32.0 Å². The first-order valence-electron chi connectivity index (χ1n) is 12.3. The standard InChI is InChI=1S/C19H23N5.C9H10.C2H6/c1-4-5-6-7-14(2)17-9-10-21-13-18(17)23-15(3)16-8-11-22-19(12-16)24-20;1-2-4-8(5-3-1)9-6-7-9;1-2/h5-13,23H,3-4,20H2,1-2H3,(H,22,24);1-5,9H,6-7H2;1-2H3/b6-5-,14-7+;;. The van der Waals surface area contributed by atoms with Crippen LogP contribution in [0.4, 0.5) is 11.5 Å². The van der Waals surface area contributed by atoms with E-state index in [-0.39, 0.29) is 0 Å². The molecule has 4 N–H and O–H groups in total. The van der Waals surface area contributed by atoms with Crippen LogP contribution in [0.5, 0.6) is 0 Å². The van der Waals surface area contributed by atoms with Crippen molar-refractivity contribution in [1.29, 1.82) is 0 Å². The molecular weight excluding hydrogens is 430 g/mol. The molecule has 0 radical (unpaired) electrons. The van der Waals surface area contributed by atoms with Gasteiger partial charge in [0.2, 0.25) is 0 Å². The number of nitrogens with zero attached hydrogens (tertiary/aromatic N) is 2. The molecule has 1 aromatic carbocycles. The third kappa shape index (κ3) is 9.22. The summed E-state index contributed by atoms with van der Waals surface area (Å²) in [6.07, 6.45) is 15.4. The van der Waals surface area contributed by atoms with Crippen LogP contribution < -0.4 is 16.6 Å². The molecule has 0 unspecified atom stereocenters. The number of nitrogens with one attached hydrogen (secondary N) is 2. The number of hydrogen-bond donors (Lipinski definition) is 3. The topological polar surface area (TPSA) is 75.9 Å². The van der Waals surface area contributed by atoms with Crippen molar-refractivity contribution in [3.05, 3.63) is 109 Å². The lowest BCUT2D eigenvalue weighted by atomic mass is 10.1. The van der Waals surface area contributed by atoms with Crippen LogP contribution in [0.3, 0.4) is 0 Å². The molecule has 1 aliphatic carbocycles. The second-order valence-electron chi connectivity index (χ2n) is 7.97. The average molecular weight is 470 g/mol. The summed E-state index contributed by atoms with van der Waals surface area (Å²) in [6.45, 7) is 12.3. The van der Waals surface area contributed by atoms with Crippen LogP contribution >= 0.6 is 0 Å². The molecule has 2 heterocycles. The summed E-state index contributed by atoms with van der Waals surface area (Å²) < 4.78 is 0. The maximum Gasteiger partial charge on any atom is 0.140 e. The van der Waals surface area contributed by atoms with E-state index in [0.717, 1.165) is 40.4 Å². The van der Waals surface area contributed by atoms with Crippen molar-refractivity contribution in [2.75, 3.05) is 10.7 Å². The minimum atomic E-state index is 0.586. The molecule has 0 amide bonds. The van der Waals surface area contributed by atoms with Crippen molar-refractivity contribution in [2.24, 2.45) is 5.84 Å². The van der Waals surface area contributed by atoms with Gasteiger partial charge in [0.25, 0.3) is 0 Å². The zero-order valence-electron chi connectivity index (χ0n) is 21.5. The molecule has 5 nitrogen and oxygen atoms in total. The van der Waals surface area contributed by atoms with Gasteiger partial charge < -0.3 is 10.7 Å². The summed E-state index contributed by atoms with van der Waals surface area (Å²) in [5.74, 6) is 6.90. The highest BCUT2D eigenvalue weighted by Gasteiger charge is 2.22. The number of rotatable bonds is 8. The van der Waals surface area contributed by atoms with E-state index in [1.165, 1.54) is 18.4 Å². The van der Waals surface area contributed by atoms with Crippen molar-refractivity contribution in [3.63, 3.8) is 0 Å². The van der Waals surface area contributed by atoms with Crippen LogP contribution in [0.25, 0.3) is 11.3 Å². The van der Waals surface area contributed by atoms with Gasteiger partial charge in [-0.2, -0.15) is 0 Å². The van der Waals surface area contributed by atoms with Crippen molar-refractivity contribution in [1.82, 2.24) is 9.97 Å². The van der Waals surface area contributed by atoms with Crippen LogP contribution in [0, 0.1) is 0 Å². The number of benzene rings is 1. The van der Waals surface area contributed by atoms with E-state index in [0.29, 0.717) is 5.82 Å². The van der Waals surface area contributed by atoms with Gasteiger partial charge in [0, 0.05) is 29.2 Å². The minimum Gasteiger partial charge on any atom is -0.354 e. The maximum absolute atomic E-state index is 5.41. The Balaban J connectivity index is 0.000000323. The Morgan fingerprint density at radius 1 is 1.11 bits per heavy atom. The fourth-order valence-corrected chi connectivity index (χ4v) is 3.35. The molecule has 0 saturated heterocycles. The molecule has 184 valence electrons. The van der Waals surface area contributed by atoms with Gasteiger partial charge >= 0.3 is 0 Å². The predicted molar refractivity (Wildman–Crippen MR) is 152 cm³/mol. The summed E-state index contributed by atoms with van der Waals surface area (Å²) in [6, 6.07) is 16.4. The van der Waals surface area contributed by atoms with Gasteiger partial charge in [-0.25, -0.2) is 10.8 Å². The molecule has 5 heteroatoms. The molecule has 4 rings (SSSR count). The first-order chi connectivity index (χ1) is 17.1. The minimum absolute atomic E-state index is 0.586. The number of anilines is 2. The summed E-state index contributed by atoms with van der Waals surface area (Å²) in [4.78, 5) is 8.31. The Morgan fingerprint density at radius 3 is 2.51 bits per heavy atom. The quantitative estimate of drug-likeness (QED) is 0.178. The molecule has 0 atom stereocenters. The lowest BCUT2D eigenvalue weighted by Gasteiger charge is -2.14. The molecule has 2 aromatic heterocycles. The summed E-state index contributed by atoms with van der Waals surface area (Å²) in [5.41, 5.74) is 8.85. The molecule has 35 heavy (non-hydrogen) atoms. The van der Waals surface area contributed by atoms with E-state index in [2.05, 4.69) is 89.7 Å². The van der Waals surface area contributed by atoms with Gasteiger partial charge in [-0.1, -0.05) is 75.9 Å². The number of nitrogen functional groups attached to an aromatic ring is 1. The largest absolute Gasteiger partial charge is 0.354 e. The number of allylic oxidation sites excluding steroid dienone is 4. The lowest BCUT2D eigenvalue weighted by Crippen LogP contribution is -2.09. The SMILES string of the molecule is C=C(Nc1cnccc1/C(C)=C/C=C\CC)c1ccnc(NN)c1.CC.c1ccc(C2CC2)cc1. The molecule has 1 aliphatic rings. The highest BCUT2D eigenvalue weighted by Crippen LogP contribution is 2.39. The van der Waals surface area contributed by atoms with Gasteiger partial charge in [-0.15, -0.1) is 0 Å². The fraction of sp³-hybridized carbons (Fsp3) is 0.267. The van der Waals surface area contributed by atoms with Crippen molar-refractivity contribution >= 4 is 22.8 Å². The zero-order chi connectivity index (χ0) is 25.5. The highest BCUT2D eigenvalue weighted by atomic mass is 15.2. The zero-order valence-corrected chi connectivity index (χ0v) is 21.5. The highest BCUT2D eigenvalue weighted by molar-refractivity contribution is 5.83. The number of hydrogen-bond acceptors (Lipinski definition) is 5. The van der Waals surface area contributed by atoms with Crippen LogP contribution in [0.1, 0.15) is 69.6 Å². The van der Waals surface area contributed by atoms with Gasteiger partial charge in [-0.3, -0.25) is 4.98 Å². The van der Waals surface area contributed by atoms with E-state index in [4.69, 9.17) is 5.84 Å². The molecule has 0 bridgehead atoms. The van der Waals surface area contributed by atoms with Gasteiger partial charge in [0.1, 0.15) is 5.82 Å². The Morgan fingerprint density at radius 2 is 1.86 bits per heavy atom. The maximum atomic E-state index is 5.41. The summed E-state index contributed by atoms with van der Waals surface area (Å²) in [5, 5.41) is 3.33. The van der Waals surface area contributed by atoms with Crippen LogP contribution in [0.15, 0.2) is 91.9 Å². The van der Waals surface area contributed by atoms with Crippen LogP contribution in [0.2, 0.25) is 0 Å². The monoisotopic (exact) mass is 469 g/mol. The lowest BCUT2D eigenvalue weighted by molar-refractivity contribution is 1.13. The number of aromatic nitrogens is 2. The Labute approximate surface area is 210 Å². The van der Waals surface area contributed by atoms with Crippen LogP contribution in [-0.2, 0) is 0 Å². The molecule has 1 fully saturated rings. The Hall–Kier alpha value is -3.70. The van der Waals surface area contributed by atoms with Crippen molar-refractivity contribution < 1.29 is 0 Å². The third-order valence-corrected chi connectivity index (χ3v) is 5.35. The number of pyridine rings is 2. The predicted octanol–water partition coefficient (Wildman–Crippen LogP) is 7.80. The number of nitrogens with two attached hydrogens (primary N) is 1. The molecule has 0 aliphatic heterocycles. The third-order valence-electron chi connectivity index (χ3n) is 5.35. The normalized spacial score (nSPS) is 12.7. The molecule has 0 spiro atoms. The fourth-order valence-electron chi connectivity index (χ4n) is 3.35. The summed E-state index contributed by atoms with van der Waals surface area (Å²) >= 11 is 0. The Kier molecular flexibility index (Phi) is 12.0. The molecular formula is C30H39N5.